The lowest BCUT2D eigenvalue weighted by Gasteiger charge is -2.16. The molecule has 0 aliphatic carbocycles. The van der Waals surface area contributed by atoms with Crippen molar-refractivity contribution >= 4 is 11.4 Å². The van der Waals surface area contributed by atoms with Crippen molar-refractivity contribution in [3.63, 3.8) is 0 Å². The van der Waals surface area contributed by atoms with E-state index in [9.17, 15) is 23.3 Å². The largest absolute Gasteiger partial charge is 0.374 e. The quantitative estimate of drug-likeness (QED) is 0.680. The summed E-state index contributed by atoms with van der Waals surface area (Å²) in [6.45, 7) is 1.63. The molecule has 0 amide bonds. The Balaban J connectivity index is 2.22. The normalized spacial score (nSPS) is 12.0. The fraction of sp³-hybridized carbons (Fsp3) is 0.143. The minimum atomic E-state index is -1.04. The van der Waals surface area contributed by atoms with Gasteiger partial charge in [0.25, 0.3) is 5.69 Å². The van der Waals surface area contributed by atoms with Crippen LogP contribution in [0.25, 0.3) is 0 Å². The molecule has 0 saturated carbocycles. The second-order valence-electron chi connectivity index (χ2n) is 4.46. The highest BCUT2D eigenvalue weighted by atomic mass is 19.1. The van der Waals surface area contributed by atoms with Crippen LogP contribution in [0.5, 0.6) is 0 Å². The summed E-state index contributed by atoms with van der Waals surface area (Å²) in [5.74, 6) is -3.08. The van der Waals surface area contributed by atoms with Crippen molar-refractivity contribution in [2.45, 2.75) is 13.0 Å². The van der Waals surface area contributed by atoms with E-state index in [-0.39, 0.29) is 5.69 Å². The van der Waals surface area contributed by atoms with Gasteiger partial charge in [0.15, 0.2) is 11.6 Å². The van der Waals surface area contributed by atoms with Crippen LogP contribution in [0, 0.1) is 27.6 Å². The van der Waals surface area contributed by atoms with E-state index in [4.69, 9.17) is 0 Å². The average Bonchev–Trinajstić information content (AvgIpc) is 2.42. The number of anilines is 1. The van der Waals surface area contributed by atoms with Crippen molar-refractivity contribution in [1.29, 1.82) is 0 Å². The Morgan fingerprint density at radius 1 is 1.10 bits per heavy atom. The molecule has 0 heterocycles. The Morgan fingerprint density at radius 3 is 2.10 bits per heavy atom. The van der Waals surface area contributed by atoms with E-state index in [0.717, 1.165) is 0 Å². The average molecular weight is 296 g/mol. The van der Waals surface area contributed by atoms with Gasteiger partial charge >= 0.3 is 0 Å². The zero-order chi connectivity index (χ0) is 15.6. The molecule has 110 valence electrons. The molecule has 1 N–H and O–H groups in total. The lowest BCUT2D eigenvalue weighted by Crippen LogP contribution is -2.10. The molecule has 0 spiro atoms. The first-order valence-corrected chi connectivity index (χ1v) is 6.04. The SMILES string of the molecule is CC(Nc1c(F)cc(F)cc1F)c1ccc([N+](=O)[O-])cc1. The lowest BCUT2D eigenvalue weighted by atomic mass is 10.1. The van der Waals surface area contributed by atoms with Gasteiger partial charge in [0, 0.05) is 30.3 Å². The summed E-state index contributed by atoms with van der Waals surface area (Å²) < 4.78 is 39.9. The predicted molar refractivity (Wildman–Crippen MR) is 71.5 cm³/mol. The molecule has 1 atom stereocenters. The zero-order valence-corrected chi connectivity index (χ0v) is 10.9. The van der Waals surface area contributed by atoms with Crippen molar-refractivity contribution in [3.8, 4) is 0 Å². The third-order valence-electron chi connectivity index (χ3n) is 2.97. The first-order chi connectivity index (χ1) is 9.88. The van der Waals surface area contributed by atoms with Crippen LogP contribution in [-0.4, -0.2) is 4.92 Å². The molecular weight excluding hydrogens is 285 g/mol. The molecule has 4 nitrogen and oxygen atoms in total. The maximum Gasteiger partial charge on any atom is 0.269 e. The van der Waals surface area contributed by atoms with Crippen LogP contribution in [0.15, 0.2) is 36.4 Å². The number of nitrogens with one attached hydrogen (secondary N) is 1. The van der Waals surface area contributed by atoms with Crippen LogP contribution in [0.3, 0.4) is 0 Å². The molecule has 2 aromatic carbocycles. The molecule has 0 aromatic heterocycles. The van der Waals surface area contributed by atoms with E-state index in [1.54, 1.807) is 6.92 Å². The monoisotopic (exact) mass is 296 g/mol. The number of benzene rings is 2. The Labute approximate surface area is 118 Å². The fourth-order valence-electron chi connectivity index (χ4n) is 1.86. The standard InChI is InChI=1S/C14H11F3N2O2/c1-8(9-2-4-11(5-3-9)19(20)21)18-14-12(16)6-10(15)7-13(14)17/h2-8,18H,1H3. The van der Waals surface area contributed by atoms with Crippen molar-refractivity contribution in [1.82, 2.24) is 0 Å². The zero-order valence-electron chi connectivity index (χ0n) is 10.9. The third-order valence-corrected chi connectivity index (χ3v) is 2.97. The summed E-state index contributed by atoms with van der Waals surface area (Å²) in [6, 6.07) is 6.20. The highest BCUT2D eigenvalue weighted by Gasteiger charge is 2.15. The van der Waals surface area contributed by atoms with Gasteiger partial charge in [-0.2, -0.15) is 0 Å². The molecule has 0 fully saturated rings. The van der Waals surface area contributed by atoms with E-state index in [2.05, 4.69) is 5.32 Å². The van der Waals surface area contributed by atoms with Gasteiger partial charge in [0.2, 0.25) is 0 Å². The Hall–Kier alpha value is -2.57. The van der Waals surface area contributed by atoms with Gasteiger partial charge in [0.1, 0.15) is 11.5 Å². The van der Waals surface area contributed by atoms with E-state index in [1.165, 1.54) is 24.3 Å². The molecule has 0 bridgehead atoms. The molecular formula is C14H11F3N2O2. The van der Waals surface area contributed by atoms with Crippen LogP contribution in [0.4, 0.5) is 24.5 Å². The van der Waals surface area contributed by atoms with Crippen LogP contribution < -0.4 is 5.32 Å². The molecule has 0 aliphatic rings. The molecule has 21 heavy (non-hydrogen) atoms. The van der Waals surface area contributed by atoms with E-state index >= 15 is 0 Å². The lowest BCUT2D eigenvalue weighted by molar-refractivity contribution is -0.384. The van der Waals surface area contributed by atoms with Gasteiger partial charge in [-0.1, -0.05) is 12.1 Å². The molecule has 1 unspecified atom stereocenters. The summed E-state index contributed by atoms with van der Waals surface area (Å²) in [5, 5.41) is 13.1. The van der Waals surface area contributed by atoms with Gasteiger partial charge in [-0.3, -0.25) is 10.1 Å². The van der Waals surface area contributed by atoms with E-state index in [1.807, 2.05) is 0 Å². The summed E-state index contributed by atoms with van der Waals surface area (Å²) in [4.78, 5) is 10.0. The summed E-state index contributed by atoms with van der Waals surface area (Å²) in [7, 11) is 0. The summed E-state index contributed by atoms with van der Waals surface area (Å²) in [6.07, 6.45) is 0. The molecule has 7 heteroatoms. The molecule has 0 radical (unpaired) electrons. The number of rotatable bonds is 4. The topological polar surface area (TPSA) is 55.2 Å². The predicted octanol–water partition coefficient (Wildman–Crippen LogP) is 4.19. The van der Waals surface area contributed by atoms with E-state index in [0.29, 0.717) is 17.7 Å². The molecule has 2 rings (SSSR count). The van der Waals surface area contributed by atoms with Gasteiger partial charge in [-0.25, -0.2) is 13.2 Å². The van der Waals surface area contributed by atoms with Gasteiger partial charge in [0.05, 0.1) is 4.92 Å². The first kappa shape index (κ1) is 14.8. The van der Waals surface area contributed by atoms with Crippen molar-refractivity contribution < 1.29 is 18.1 Å². The highest BCUT2D eigenvalue weighted by Crippen LogP contribution is 2.26. The third kappa shape index (κ3) is 3.31. The molecule has 0 saturated heterocycles. The summed E-state index contributed by atoms with van der Waals surface area (Å²) in [5.41, 5.74) is 0.0797. The number of hydrogen-bond donors (Lipinski definition) is 1. The van der Waals surface area contributed by atoms with Crippen LogP contribution in [0.2, 0.25) is 0 Å². The number of nitro groups is 1. The number of halogens is 3. The van der Waals surface area contributed by atoms with Gasteiger partial charge in [-0.05, 0) is 12.5 Å². The van der Waals surface area contributed by atoms with Crippen LogP contribution >= 0.6 is 0 Å². The maximum absolute atomic E-state index is 13.5. The number of hydrogen-bond acceptors (Lipinski definition) is 3. The van der Waals surface area contributed by atoms with Gasteiger partial charge in [-0.15, -0.1) is 0 Å². The van der Waals surface area contributed by atoms with Crippen LogP contribution in [-0.2, 0) is 0 Å². The Bertz CT molecular complexity index is 651. The number of non-ortho nitro benzene ring substituents is 1. The second kappa shape index (κ2) is 5.82. The van der Waals surface area contributed by atoms with Crippen molar-refractivity contribution in [2.75, 3.05) is 5.32 Å². The highest BCUT2D eigenvalue weighted by molar-refractivity contribution is 5.48. The second-order valence-corrected chi connectivity index (χ2v) is 4.46. The maximum atomic E-state index is 13.5. The molecule has 0 aliphatic heterocycles. The number of nitrogens with zero attached hydrogens (tertiary/aromatic N) is 1. The smallest absolute Gasteiger partial charge is 0.269 e. The fourth-order valence-corrected chi connectivity index (χ4v) is 1.86. The van der Waals surface area contributed by atoms with E-state index < -0.39 is 34.1 Å². The Morgan fingerprint density at radius 2 is 1.62 bits per heavy atom. The minimum Gasteiger partial charge on any atom is -0.374 e. The summed E-state index contributed by atoms with van der Waals surface area (Å²) >= 11 is 0. The van der Waals surface area contributed by atoms with Crippen LogP contribution in [0.1, 0.15) is 18.5 Å². The van der Waals surface area contributed by atoms with Crippen molar-refractivity contribution in [2.24, 2.45) is 0 Å². The van der Waals surface area contributed by atoms with Gasteiger partial charge < -0.3 is 5.32 Å². The number of nitro benzene ring substituents is 1. The molecule has 2 aromatic rings. The minimum absolute atomic E-state index is 0.0786. The first-order valence-electron chi connectivity index (χ1n) is 6.04. The van der Waals surface area contributed by atoms with Crippen molar-refractivity contribution in [3.05, 3.63) is 69.5 Å². The Kier molecular flexibility index (Phi) is 4.11.